The molecule has 0 saturated carbocycles. The number of carbonyl (C=O) groups is 2. The molecule has 0 atom stereocenters. The first-order valence-corrected chi connectivity index (χ1v) is 10.2. The van der Waals surface area contributed by atoms with E-state index in [0.717, 1.165) is 0 Å². The fourth-order valence-corrected chi connectivity index (χ4v) is 3.76. The van der Waals surface area contributed by atoms with Crippen LogP contribution in [-0.2, 0) is 24.3 Å². The molecule has 0 spiro atoms. The summed E-state index contributed by atoms with van der Waals surface area (Å²) >= 11 is 6.15. The van der Waals surface area contributed by atoms with Crippen molar-refractivity contribution < 1.29 is 32.6 Å². The number of nitrogens with zero attached hydrogens (tertiary/aromatic N) is 1. The molecule has 0 bridgehead atoms. The lowest BCUT2D eigenvalue weighted by Gasteiger charge is -2.31. The zero-order chi connectivity index (χ0) is 20.0. The molecule has 2 N–H and O–H groups in total. The van der Waals surface area contributed by atoms with Gasteiger partial charge in [-0.1, -0.05) is 11.6 Å². The van der Waals surface area contributed by atoms with Gasteiger partial charge in [0.25, 0.3) is 0 Å². The van der Waals surface area contributed by atoms with Crippen LogP contribution < -0.4 is 9.46 Å². The first-order chi connectivity index (χ1) is 12.7. The van der Waals surface area contributed by atoms with E-state index in [9.17, 15) is 18.0 Å². The van der Waals surface area contributed by atoms with Crippen molar-refractivity contribution in [3.8, 4) is 5.75 Å². The smallest absolute Gasteiger partial charge is 0.320 e. The zero-order valence-electron chi connectivity index (χ0n) is 14.7. The maximum absolute atomic E-state index is 11.6. The predicted octanol–water partition coefficient (Wildman–Crippen LogP) is 1.18. The van der Waals surface area contributed by atoms with Gasteiger partial charge in [0.2, 0.25) is 10.0 Å². The average Bonchev–Trinajstić information content (AvgIpc) is 2.57. The molecule has 0 amide bonds. The molecule has 150 valence electrons. The molecular formula is C16H21ClN2O7S. The number of sulfonamides is 1. The standard InChI is InChI=1S/C16H21ClN2O7S/c1-25-16(22)9-19-6-4-12(5-7-19)26-14-3-2-11(8-13(14)17)18-27(23,24)10-15(20)21/h2-3,8,12,18H,4-7,9-10H2,1H3,(H,20,21). The zero-order valence-corrected chi connectivity index (χ0v) is 16.3. The van der Waals surface area contributed by atoms with E-state index in [1.54, 1.807) is 0 Å². The van der Waals surface area contributed by atoms with Gasteiger partial charge in [-0.05, 0) is 31.0 Å². The lowest BCUT2D eigenvalue weighted by atomic mass is 10.1. The highest BCUT2D eigenvalue weighted by Crippen LogP contribution is 2.30. The number of hydrogen-bond donors (Lipinski definition) is 2. The summed E-state index contributed by atoms with van der Waals surface area (Å²) in [6.07, 6.45) is 1.34. The molecule has 1 saturated heterocycles. The highest BCUT2D eigenvalue weighted by Gasteiger charge is 2.23. The highest BCUT2D eigenvalue weighted by molar-refractivity contribution is 7.93. The van der Waals surface area contributed by atoms with Gasteiger partial charge in [-0.3, -0.25) is 19.2 Å². The van der Waals surface area contributed by atoms with Crippen molar-refractivity contribution >= 4 is 39.3 Å². The Labute approximate surface area is 162 Å². The summed E-state index contributed by atoms with van der Waals surface area (Å²) in [7, 11) is -2.65. The van der Waals surface area contributed by atoms with Gasteiger partial charge in [-0.25, -0.2) is 8.42 Å². The van der Waals surface area contributed by atoms with Crippen LogP contribution in [0.1, 0.15) is 12.8 Å². The summed E-state index contributed by atoms with van der Waals surface area (Å²) in [6.45, 7) is 1.62. The largest absolute Gasteiger partial charge is 0.489 e. The number of likely N-dealkylation sites (tertiary alicyclic amines) is 1. The molecule has 0 aromatic heterocycles. The number of methoxy groups -OCH3 is 1. The summed E-state index contributed by atoms with van der Waals surface area (Å²) < 4.78 is 36.0. The number of benzene rings is 1. The Morgan fingerprint density at radius 2 is 2.00 bits per heavy atom. The van der Waals surface area contributed by atoms with Gasteiger partial charge in [0, 0.05) is 13.1 Å². The van der Waals surface area contributed by atoms with E-state index >= 15 is 0 Å². The van der Waals surface area contributed by atoms with Crippen LogP contribution in [0.15, 0.2) is 18.2 Å². The van der Waals surface area contributed by atoms with Crippen LogP contribution in [-0.4, -0.2) is 69.0 Å². The second-order valence-corrected chi connectivity index (χ2v) is 8.20. The number of carboxylic acids is 1. The molecule has 11 heteroatoms. The third kappa shape index (κ3) is 6.89. The van der Waals surface area contributed by atoms with Gasteiger partial charge >= 0.3 is 11.9 Å². The third-order valence-corrected chi connectivity index (χ3v) is 5.40. The Hall–Kier alpha value is -2.04. The van der Waals surface area contributed by atoms with Crippen molar-refractivity contribution in [2.45, 2.75) is 18.9 Å². The topological polar surface area (TPSA) is 122 Å². The van der Waals surface area contributed by atoms with Gasteiger partial charge in [0.1, 0.15) is 11.9 Å². The molecule has 2 rings (SSSR count). The molecule has 1 aliphatic rings. The van der Waals surface area contributed by atoms with Gasteiger partial charge in [0.05, 0.1) is 24.4 Å². The molecular weight excluding hydrogens is 400 g/mol. The summed E-state index contributed by atoms with van der Waals surface area (Å²) in [5, 5.41) is 8.81. The monoisotopic (exact) mass is 420 g/mol. The number of aliphatic carboxylic acids is 1. The minimum absolute atomic E-state index is 0.0778. The molecule has 1 fully saturated rings. The second-order valence-electron chi connectivity index (χ2n) is 6.07. The quantitative estimate of drug-likeness (QED) is 0.601. The lowest BCUT2D eigenvalue weighted by Crippen LogP contribution is -2.41. The number of esters is 1. The van der Waals surface area contributed by atoms with E-state index in [1.165, 1.54) is 25.3 Å². The SMILES string of the molecule is COC(=O)CN1CCC(Oc2ccc(NS(=O)(=O)CC(=O)O)cc2Cl)CC1. The van der Waals surface area contributed by atoms with Gasteiger partial charge < -0.3 is 14.6 Å². The second kappa shape index (κ2) is 9.25. The summed E-state index contributed by atoms with van der Waals surface area (Å²) in [5.41, 5.74) is 0.154. The Morgan fingerprint density at radius 1 is 1.33 bits per heavy atom. The lowest BCUT2D eigenvalue weighted by molar-refractivity contribution is -0.142. The number of nitrogens with one attached hydrogen (secondary N) is 1. The number of carboxylic acid groups (broad SMARTS) is 1. The van der Waals surface area contributed by atoms with E-state index in [0.29, 0.717) is 31.7 Å². The minimum Gasteiger partial charge on any atom is -0.489 e. The van der Waals surface area contributed by atoms with E-state index in [2.05, 4.69) is 9.46 Å². The van der Waals surface area contributed by atoms with Crippen LogP contribution in [0.5, 0.6) is 5.75 Å². The van der Waals surface area contributed by atoms with Gasteiger partial charge in [-0.15, -0.1) is 0 Å². The number of rotatable bonds is 8. The van der Waals surface area contributed by atoms with Crippen LogP contribution in [0.25, 0.3) is 0 Å². The van der Waals surface area contributed by atoms with E-state index in [4.69, 9.17) is 21.4 Å². The van der Waals surface area contributed by atoms with E-state index < -0.39 is 21.7 Å². The Balaban J connectivity index is 1.91. The van der Waals surface area contributed by atoms with Crippen LogP contribution in [0, 0.1) is 0 Å². The predicted molar refractivity (Wildman–Crippen MR) is 98.6 cm³/mol. The van der Waals surface area contributed by atoms with Crippen LogP contribution in [0.3, 0.4) is 0 Å². The molecule has 1 aromatic carbocycles. The summed E-state index contributed by atoms with van der Waals surface area (Å²) in [4.78, 5) is 23.8. The fraction of sp³-hybridized carbons (Fsp3) is 0.500. The molecule has 0 unspecified atom stereocenters. The summed E-state index contributed by atoms with van der Waals surface area (Å²) in [5.74, 6) is -2.36. The molecule has 0 radical (unpaired) electrons. The van der Waals surface area contributed by atoms with E-state index in [-0.39, 0.29) is 29.3 Å². The molecule has 0 aliphatic carbocycles. The van der Waals surface area contributed by atoms with Crippen molar-refractivity contribution in [2.75, 3.05) is 37.2 Å². The molecule has 1 aromatic rings. The van der Waals surface area contributed by atoms with Crippen LogP contribution in [0.4, 0.5) is 5.69 Å². The van der Waals surface area contributed by atoms with Crippen molar-refractivity contribution in [2.24, 2.45) is 0 Å². The van der Waals surface area contributed by atoms with Crippen LogP contribution >= 0.6 is 11.6 Å². The van der Waals surface area contributed by atoms with Crippen molar-refractivity contribution in [3.63, 3.8) is 0 Å². The molecule has 1 heterocycles. The maximum atomic E-state index is 11.6. The maximum Gasteiger partial charge on any atom is 0.320 e. The number of halogens is 1. The first kappa shape index (κ1) is 21.3. The average molecular weight is 421 g/mol. The third-order valence-electron chi connectivity index (χ3n) is 3.93. The highest BCUT2D eigenvalue weighted by atomic mass is 35.5. The number of anilines is 1. The number of hydrogen-bond acceptors (Lipinski definition) is 7. The van der Waals surface area contributed by atoms with Gasteiger partial charge in [0.15, 0.2) is 5.75 Å². The Morgan fingerprint density at radius 3 is 2.56 bits per heavy atom. The molecule has 1 aliphatic heterocycles. The number of ether oxygens (including phenoxy) is 2. The Kier molecular flexibility index (Phi) is 7.28. The number of piperidine rings is 1. The van der Waals surface area contributed by atoms with Crippen molar-refractivity contribution in [1.29, 1.82) is 0 Å². The van der Waals surface area contributed by atoms with Crippen molar-refractivity contribution in [3.05, 3.63) is 23.2 Å². The normalized spacial score (nSPS) is 15.9. The summed E-state index contributed by atoms with van der Waals surface area (Å²) in [6, 6.07) is 4.34. The van der Waals surface area contributed by atoms with E-state index in [1.807, 2.05) is 4.90 Å². The van der Waals surface area contributed by atoms with Crippen molar-refractivity contribution in [1.82, 2.24) is 4.90 Å². The molecule has 27 heavy (non-hydrogen) atoms. The fourth-order valence-electron chi connectivity index (χ4n) is 2.65. The number of carbonyl (C=O) groups excluding carboxylic acids is 1. The molecule has 9 nitrogen and oxygen atoms in total. The van der Waals surface area contributed by atoms with Gasteiger partial charge in [-0.2, -0.15) is 0 Å². The van der Waals surface area contributed by atoms with Crippen LogP contribution in [0.2, 0.25) is 5.02 Å². The first-order valence-electron chi connectivity index (χ1n) is 8.16. The Bertz CT molecular complexity index is 792. The minimum atomic E-state index is -4.00.